The van der Waals surface area contributed by atoms with Crippen molar-refractivity contribution < 1.29 is 9.50 Å². The minimum Gasteiger partial charge on any atom is -0.390 e. The van der Waals surface area contributed by atoms with Gasteiger partial charge in [0.25, 0.3) is 0 Å². The second-order valence-electron chi connectivity index (χ2n) is 3.70. The molecule has 0 fully saturated rings. The molecule has 3 nitrogen and oxygen atoms in total. The Kier molecular flexibility index (Phi) is 3.22. The number of aromatic nitrogens is 1. The average Bonchev–Trinajstić information content (AvgIpc) is 2.79. The Morgan fingerprint density at radius 3 is 2.88 bits per heavy atom. The number of benzene rings is 1. The van der Waals surface area contributed by atoms with Crippen molar-refractivity contribution in [1.82, 2.24) is 4.57 Å². The van der Waals surface area contributed by atoms with Crippen LogP contribution in [-0.4, -0.2) is 9.67 Å². The molecule has 4 heteroatoms. The van der Waals surface area contributed by atoms with E-state index < -0.39 is 0 Å². The highest BCUT2D eigenvalue weighted by atomic mass is 19.1. The molecule has 0 amide bonds. The van der Waals surface area contributed by atoms with Crippen LogP contribution < -0.4 is 0 Å². The Morgan fingerprint density at radius 1 is 1.35 bits per heavy atom. The van der Waals surface area contributed by atoms with Gasteiger partial charge in [-0.15, -0.1) is 0 Å². The molecule has 1 heterocycles. The van der Waals surface area contributed by atoms with Gasteiger partial charge in [-0.1, -0.05) is 0 Å². The van der Waals surface area contributed by atoms with Gasteiger partial charge in [0.15, 0.2) is 0 Å². The second-order valence-corrected chi connectivity index (χ2v) is 3.70. The molecule has 0 atom stereocenters. The van der Waals surface area contributed by atoms with Crippen molar-refractivity contribution >= 4 is 0 Å². The van der Waals surface area contributed by atoms with E-state index in [1.54, 1.807) is 22.9 Å². The number of aliphatic hydroxyl groups excluding tert-OH is 1. The molecule has 0 bridgehead atoms. The molecular weight excluding hydrogens is 219 g/mol. The number of nitriles is 1. The Hall–Kier alpha value is -2.12. The van der Waals surface area contributed by atoms with E-state index in [0.717, 1.165) is 0 Å². The van der Waals surface area contributed by atoms with Crippen molar-refractivity contribution in [2.45, 2.75) is 13.2 Å². The molecule has 2 aromatic rings. The van der Waals surface area contributed by atoms with E-state index >= 15 is 0 Å². The highest BCUT2D eigenvalue weighted by Crippen LogP contribution is 2.13. The lowest BCUT2D eigenvalue weighted by Crippen LogP contribution is -2.05. The van der Waals surface area contributed by atoms with Gasteiger partial charge in [0, 0.05) is 17.5 Å². The number of nitrogens with zero attached hydrogens (tertiary/aromatic N) is 2. The highest BCUT2D eigenvalue weighted by Gasteiger charge is 2.06. The van der Waals surface area contributed by atoms with Crippen LogP contribution in [0, 0.1) is 17.1 Å². The van der Waals surface area contributed by atoms with E-state index in [9.17, 15) is 4.39 Å². The molecular formula is C13H11FN2O. The summed E-state index contributed by atoms with van der Waals surface area (Å²) in [6.45, 7) is 0.219. The average molecular weight is 230 g/mol. The van der Waals surface area contributed by atoms with Crippen LogP contribution in [0.4, 0.5) is 4.39 Å². The van der Waals surface area contributed by atoms with E-state index in [-0.39, 0.29) is 12.4 Å². The van der Waals surface area contributed by atoms with Gasteiger partial charge < -0.3 is 9.67 Å². The van der Waals surface area contributed by atoms with Crippen LogP contribution in [0.25, 0.3) is 0 Å². The van der Waals surface area contributed by atoms with Crippen LogP contribution in [0.15, 0.2) is 36.5 Å². The largest absolute Gasteiger partial charge is 0.390 e. The molecule has 1 aromatic carbocycles. The zero-order valence-corrected chi connectivity index (χ0v) is 9.10. The van der Waals surface area contributed by atoms with E-state index in [2.05, 4.69) is 0 Å². The van der Waals surface area contributed by atoms with Gasteiger partial charge >= 0.3 is 0 Å². The molecule has 0 aliphatic carbocycles. The van der Waals surface area contributed by atoms with Gasteiger partial charge in [-0.3, -0.25) is 0 Å². The van der Waals surface area contributed by atoms with Crippen LogP contribution >= 0.6 is 0 Å². The van der Waals surface area contributed by atoms with Crippen molar-refractivity contribution in [3.8, 4) is 6.07 Å². The van der Waals surface area contributed by atoms with Crippen LogP contribution in [0.2, 0.25) is 0 Å². The summed E-state index contributed by atoms with van der Waals surface area (Å²) in [5.74, 6) is -0.346. The summed E-state index contributed by atoms with van der Waals surface area (Å²) >= 11 is 0. The number of hydrogen-bond donors (Lipinski definition) is 1. The maximum absolute atomic E-state index is 13.5. The molecule has 0 saturated heterocycles. The summed E-state index contributed by atoms with van der Waals surface area (Å²) in [5, 5.41) is 17.8. The molecule has 0 unspecified atom stereocenters. The molecule has 1 aromatic heterocycles. The third kappa shape index (κ3) is 2.35. The lowest BCUT2D eigenvalue weighted by molar-refractivity contribution is 0.271. The first-order chi connectivity index (χ1) is 8.24. The predicted molar refractivity (Wildman–Crippen MR) is 60.6 cm³/mol. The van der Waals surface area contributed by atoms with E-state index in [1.165, 1.54) is 18.2 Å². The third-order valence-corrected chi connectivity index (χ3v) is 2.60. The third-order valence-electron chi connectivity index (χ3n) is 2.60. The smallest absolute Gasteiger partial charge is 0.128 e. The first-order valence-corrected chi connectivity index (χ1v) is 5.18. The number of aliphatic hydroxyl groups is 1. The SMILES string of the molecule is N#Cc1ccc(F)c(Cn2cccc2CO)c1. The summed E-state index contributed by atoms with van der Waals surface area (Å²) in [6.07, 6.45) is 1.77. The lowest BCUT2D eigenvalue weighted by Gasteiger charge is -2.08. The molecule has 86 valence electrons. The van der Waals surface area contributed by atoms with Crippen LogP contribution in [-0.2, 0) is 13.2 Å². The number of hydrogen-bond acceptors (Lipinski definition) is 2. The zero-order valence-electron chi connectivity index (χ0n) is 9.10. The second kappa shape index (κ2) is 4.81. The maximum Gasteiger partial charge on any atom is 0.128 e. The molecule has 2 rings (SSSR count). The minimum atomic E-state index is -0.346. The topological polar surface area (TPSA) is 49.0 Å². The Morgan fingerprint density at radius 2 is 2.18 bits per heavy atom. The fourth-order valence-corrected chi connectivity index (χ4v) is 1.70. The van der Waals surface area contributed by atoms with Crippen LogP contribution in [0.5, 0.6) is 0 Å². The van der Waals surface area contributed by atoms with Crippen LogP contribution in [0.3, 0.4) is 0 Å². The summed E-state index contributed by atoms with van der Waals surface area (Å²) in [5.41, 5.74) is 1.58. The van der Waals surface area contributed by atoms with Gasteiger partial charge in [0.1, 0.15) is 5.82 Å². The zero-order chi connectivity index (χ0) is 12.3. The molecule has 1 N–H and O–H groups in total. The van der Waals surface area contributed by atoms with Gasteiger partial charge in [-0.25, -0.2) is 4.39 Å². The Bertz CT molecular complexity index is 569. The Balaban J connectivity index is 2.33. The van der Waals surface area contributed by atoms with Crippen LogP contribution in [0.1, 0.15) is 16.8 Å². The predicted octanol–water partition coefficient (Wildman–Crippen LogP) is 2.04. The maximum atomic E-state index is 13.5. The molecule has 17 heavy (non-hydrogen) atoms. The summed E-state index contributed by atoms with van der Waals surface area (Å²) in [4.78, 5) is 0. The number of halogens is 1. The molecule has 0 aliphatic rings. The first kappa shape index (κ1) is 11.4. The van der Waals surface area contributed by atoms with Crippen molar-refractivity contribution in [3.63, 3.8) is 0 Å². The normalized spacial score (nSPS) is 10.2. The van der Waals surface area contributed by atoms with Crippen molar-refractivity contribution in [1.29, 1.82) is 5.26 Å². The van der Waals surface area contributed by atoms with Crippen molar-refractivity contribution in [2.75, 3.05) is 0 Å². The summed E-state index contributed by atoms with van der Waals surface area (Å²) < 4.78 is 15.3. The monoisotopic (exact) mass is 230 g/mol. The highest BCUT2D eigenvalue weighted by molar-refractivity contribution is 5.34. The van der Waals surface area contributed by atoms with Crippen molar-refractivity contribution in [3.05, 3.63) is 59.2 Å². The summed E-state index contributed by atoms with van der Waals surface area (Å²) in [6, 6.07) is 9.79. The fraction of sp³-hybridized carbons (Fsp3) is 0.154. The molecule has 0 spiro atoms. The minimum absolute atomic E-state index is 0.0907. The van der Waals surface area contributed by atoms with Gasteiger partial charge in [0.05, 0.1) is 24.8 Å². The van der Waals surface area contributed by atoms with E-state index in [4.69, 9.17) is 10.4 Å². The van der Waals surface area contributed by atoms with Gasteiger partial charge in [-0.05, 0) is 30.3 Å². The van der Waals surface area contributed by atoms with Gasteiger partial charge in [-0.2, -0.15) is 5.26 Å². The lowest BCUT2D eigenvalue weighted by atomic mass is 10.1. The quantitative estimate of drug-likeness (QED) is 0.877. The molecule has 0 saturated carbocycles. The first-order valence-electron chi connectivity index (χ1n) is 5.18. The standard InChI is InChI=1S/C13H11FN2O/c14-13-4-3-10(7-15)6-11(13)8-16-5-1-2-12(16)9-17/h1-6,17H,8-9H2. The Labute approximate surface area is 98.4 Å². The number of rotatable bonds is 3. The van der Waals surface area contributed by atoms with E-state index in [1.807, 2.05) is 6.07 Å². The fourth-order valence-electron chi connectivity index (χ4n) is 1.70. The molecule has 0 radical (unpaired) electrons. The van der Waals surface area contributed by atoms with Gasteiger partial charge in [0.2, 0.25) is 0 Å². The molecule has 0 aliphatic heterocycles. The summed E-state index contributed by atoms with van der Waals surface area (Å²) in [7, 11) is 0. The van der Waals surface area contributed by atoms with Crippen molar-refractivity contribution in [2.24, 2.45) is 0 Å². The van der Waals surface area contributed by atoms with E-state index in [0.29, 0.717) is 23.4 Å².